The first-order valence-corrected chi connectivity index (χ1v) is 23.8. The Kier molecular flexibility index (Phi) is 14.6. The zero-order chi connectivity index (χ0) is 45.2. The van der Waals surface area contributed by atoms with Crippen LogP contribution in [-0.2, 0) is 45.9 Å². The van der Waals surface area contributed by atoms with Crippen molar-refractivity contribution in [1.82, 2.24) is 0 Å². The van der Waals surface area contributed by atoms with Gasteiger partial charge in [-0.2, -0.15) is 6.08 Å². The molecule has 0 bridgehead atoms. The number of rotatable bonds is 4. The van der Waals surface area contributed by atoms with E-state index in [2.05, 4.69) is 198 Å². The van der Waals surface area contributed by atoms with Gasteiger partial charge in [-0.25, -0.2) is 12.2 Å². The van der Waals surface area contributed by atoms with Gasteiger partial charge < -0.3 is 0 Å². The fraction of sp³-hybridized carbons (Fsp3) is 0.288. The van der Waals surface area contributed by atoms with E-state index in [1.54, 1.807) is 0 Å². The Morgan fingerprint density at radius 3 is 1.03 bits per heavy atom. The third kappa shape index (κ3) is 11.6. The molecule has 8 rings (SSSR count). The van der Waals surface area contributed by atoms with Crippen molar-refractivity contribution in [2.45, 2.75) is 111 Å². The van der Waals surface area contributed by atoms with Crippen molar-refractivity contribution in [2.24, 2.45) is 0 Å². The van der Waals surface area contributed by atoms with E-state index in [4.69, 9.17) is 23.2 Å². The molecule has 0 atom stereocenters. The summed E-state index contributed by atoms with van der Waals surface area (Å²) >= 11 is 13.4. The molecule has 0 nitrogen and oxygen atoms in total. The van der Waals surface area contributed by atoms with Gasteiger partial charge in [0.2, 0.25) is 0 Å². The Hall–Kier alpha value is -4.00. The number of halogens is 2. The second-order valence-corrected chi connectivity index (χ2v) is 22.8. The van der Waals surface area contributed by atoms with Crippen LogP contribution in [0.15, 0.2) is 146 Å². The van der Waals surface area contributed by atoms with E-state index in [1.807, 2.05) is 36.4 Å². The minimum atomic E-state index is 0.124. The van der Waals surface area contributed by atoms with Gasteiger partial charge in [0.05, 0.1) is 0 Å². The molecule has 0 unspecified atom stereocenters. The third-order valence-corrected chi connectivity index (χ3v) is 13.4. The Morgan fingerprint density at radius 2 is 0.774 bits per heavy atom. The number of hydrogen-bond acceptors (Lipinski definition) is 0. The van der Waals surface area contributed by atoms with Gasteiger partial charge in [-0.3, -0.25) is 6.08 Å². The Balaban J connectivity index is 0.000000186. The zero-order valence-electron chi connectivity index (χ0n) is 38.8. The first-order chi connectivity index (χ1) is 29.0. The van der Waals surface area contributed by atoms with Crippen LogP contribution in [0.2, 0.25) is 10.0 Å². The van der Waals surface area contributed by atoms with Crippen LogP contribution in [0.4, 0.5) is 0 Å². The van der Waals surface area contributed by atoms with Crippen molar-refractivity contribution in [1.29, 1.82) is 0 Å². The molecule has 7 aromatic carbocycles. The van der Waals surface area contributed by atoms with Gasteiger partial charge >= 0.3 is 191 Å². The SMILES string of the molecule is CC(C)(C)c1cc2[cH-]c3cc(C(C)(C)C)c(C(C)(C)C)cc3c2cc1C(C)(C)C.Clc1ccc(-c2ccc([C](=[Zr+2])c3ccc(-c4ccc(Cl)cc4)cc3)cc2)cc1.[C-]1=CC=CC1. The molecular weight excluding hydrogens is 871 g/mol. The molecule has 62 heavy (non-hydrogen) atoms. The number of allylic oxidation sites excluding steroid dienone is 4. The summed E-state index contributed by atoms with van der Waals surface area (Å²) in [4.78, 5) is 0. The summed E-state index contributed by atoms with van der Waals surface area (Å²) in [6, 6.07) is 45.7. The van der Waals surface area contributed by atoms with Gasteiger partial charge in [0.15, 0.2) is 0 Å². The predicted molar refractivity (Wildman–Crippen MR) is 270 cm³/mol. The molecule has 0 radical (unpaired) electrons. The van der Waals surface area contributed by atoms with Gasteiger partial charge in [-0.05, 0) is 21.7 Å². The third-order valence-electron chi connectivity index (χ3n) is 11.5. The predicted octanol–water partition coefficient (Wildman–Crippen LogP) is 17.7. The molecule has 0 N–H and O–H groups in total. The first-order valence-electron chi connectivity index (χ1n) is 21.8. The van der Waals surface area contributed by atoms with Crippen LogP contribution in [0.3, 0.4) is 0 Å². The van der Waals surface area contributed by atoms with Crippen LogP contribution in [0.5, 0.6) is 0 Å². The van der Waals surface area contributed by atoms with Crippen LogP contribution in [0.25, 0.3) is 43.8 Å². The summed E-state index contributed by atoms with van der Waals surface area (Å²) in [5.74, 6) is 0. The maximum Gasteiger partial charge on any atom is -0.109 e. The second kappa shape index (κ2) is 19.0. The molecule has 0 aromatic heterocycles. The van der Waals surface area contributed by atoms with Crippen LogP contribution < -0.4 is 0 Å². The molecule has 316 valence electrons. The summed E-state index contributed by atoms with van der Waals surface area (Å²) in [5, 5.41) is 7.09. The molecule has 1 aliphatic carbocycles. The molecule has 0 heterocycles. The van der Waals surface area contributed by atoms with E-state index in [1.165, 1.54) is 105 Å². The smallest absolute Gasteiger partial charge is 0.109 e. The van der Waals surface area contributed by atoms with Gasteiger partial charge in [0.25, 0.3) is 0 Å². The van der Waals surface area contributed by atoms with Gasteiger partial charge in [-0.15, -0.1) is 46.2 Å². The minimum Gasteiger partial charge on any atom is -0.273 e. The van der Waals surface area contributed by atoms with Gasteiger partial charge in [0.1, 0.15) is 0 Å². The number of fused-ring (bicyclic) bond motifs is 3. The van der Waals surface area contributed by atoms with E-state index in [9.17, 15) is 0 Å². The molecule has 0 saturated carbocycles. The summed E-state index contributed by atoms with van der Waals surface area (Å²) in [6.07, 6.45) is 10.0. The summed E-state index contributed by atoms with van der Waals surface area (Å²) in [7, 11) is 0. The summed E-state index contributed by atoms with van der Waals surface area (Å²) in [6.45, 7) is 28.0. The molecule has 0 saturated heterocycles. The fourth-order valence-electron chi connectivity index (χ4n) is 8.04. The van der Waals surface area contributed by atoms with Crippen molar-refractivity contribution >= 4 is 48.0 Å². The van der Waals surface area contributed by atoms with E-state index in [0.29, 0.717) is 0 Å². The quantitative estimate of drug-likeness (QED) is 0.154. The minimum absolute atomic E-state index is 0.124. The Morgan fingerprint density at radius 1 is 0.468 bits per heavy atom. The molecule has 3 heteroatoms. The molecule has 7 aromatic rings. The van der Waals surface area contributed by atoms with Crippen molar-refractivity contribution in [3.05, 3.63) is 195 Å². The van der Waals surface area contributed by atoms with Gasteiger partial charge in [0, 0.05) is 0 Å². The molecule has 1 aliphatic rings. The second-order valence-electron chi connectivity index (χ2n) is 20.7. The zero-order valence-corrected chi connectivity index (χ0v) is 42.8. The normalized spacial score (nSPS) is 12.9. The average molecular weight is 933 g/mol. The van der Waals surface area contributed by atoms with Crippen LogP contribution in [-0.4, -0.2) is 3.21 Å². The van der Waals surface area contributed by atoms with E-state index in [0.717, 1.165) is 16.5 Å². The van der Waals surface area contributed by atoms with Crippen LogP contribution in [0.1, 0.15) is 123 Å². The maximum atomic E-state index is 5.98. The standard InChI is InChI=1S/C29H41.C25H16Cl2.C5H5.Zr/c1-26(2,3)22-14-18-13-19-15-23(27(4,5)6)25(29(10,11)12)17-21(19)20(18)16-24(22)28(7,8)9;26-24-13-9-22(10-14-24)20-5-1-18(2-6-20)17-19-3-7-21(8-4-19)23-11-15-25(27)16-12-23;1-2-4-5-3-1;/h13-17H,1-12H3;1-16H;1-3H,4H2;/q-1;;-1;+2. The Labute approximate surface area is 397 Å². The van der Waals surface area contributed by atoms with Crippen molar-refractivity contribution in [2.75, 3.05) is 0 Å². The maximum absolute atomic E-state index is 5.98. The van der Waals surface area contributed by atoms with Crippen molar-refractivity contribution in [3.8, 4) is 22.3 Å². The van der Waals surface area contributed by atoms with Crippen molar-refractivity contribution in [3.63, 3.8) is 0 Å². The summed E-state index contributed by atoms with van der Waals surface area (Å²) < 4.78 is 1.34. The molecule has 0 amide bonds. The van der Waals surface area contributed by atoms with Crippen LogP contribution in [0, 0.1) is 6.08 Å². The fourth-order valence-corrected chi connectivity index (χ4v) is 9.11. The van der Waals surface area contributed by atoms with E-state index in [-0.39, 0.29) is 21.7 Å². The topological polar surface area (TPSA) is 0 Å². The molecule has 0 aliphatic heterocycles. The molecule has 0 spiro atoms. The molecular formula is C59H62Cl2Zr. The first kappa shape index (κ1) is 47.5. The van der Waals surface area contributed by atoms with Gasteiger partial charge in [-0.1, -0.05) is 117 Å². The largest absolute Gasteiger partial charge is 0.273 e. The van der Waals surface area contributed by atoms with E-state index < -0.39 is 0 Å². The van der Waals surface area contributed by atoms with Crippen LogP contribution >= 0.6 is 23.2 Å². The molecule has 0 fully saturated rings. The Bertz CT molecular complexity index is 2520. The summed E-state index contributed by atoms with van der Waals surface area (Å²) in [5.41, 5.74) is 13.7. The monoisotopic (exact) mass is 930 g/mol. The number of benzene rings is 6. The number of hydrogen-bond donors (Lipinski definition) is 0. The van der Waals surface area contributed by atoms with E-state index >= 15 is 0 Å². The van der Waals surface area contributed by atoms with Crippen molar-refractivity contribution < 1.29 is 24.2 Å². The average Bonchev–Trinajstić information content (AvgIpc) is 3.92.